The van der Waals surface area contributed by atoms with Gasteiger partial charge >= 0.3 is 36.5 Å². The molecular formula is C28H48F16O14. The number of ether oxygens (including phenoxy) is 6. The first kappa shape index (κ1) is 67.6. The van der Waals surface area contributed by atoms with Crippen LogP contribution in [0.3, 0.4) is 0 Å². The minimum atomic E-state index is -3.50. The van der Waals surface area contributed by atoms with E-state index < -0.39 is 127 Å². The summed E-state index contributed by atoms with van der Waals surface area (Å²) in [6, 6.07) is 0. The smallest absolute Gasteiger partial charge is 0.379 e. The average Bonchev–Trinajstić information content (AvgIpc) is 3.13. The Morgan fingerprint density at radius 2 is 0.759 bits per heavy atom. The van der Waals surface area contributed by atoms with E-state index in [1.807, 2.05) is 0 Å². The minimum Gasteiger partial charge on any atom is -0.394 e. The summed E-state index contributed by atoms with van der Waals surface area (Å²) in [6.45, 7) is -6.67. The number of rotatable bonds is 26. The van der Waals surface area contributed by atoms with Gasteiger partial charge in [-0.25, -0.2) is 0 Å². The van der Waals surface area contributed by atoms with Gasteiger partial charge < -0.3 is 59.1 Å². The van der Waals surface area contributed by atoms with Crippen molar-refractivity contribution in [3.05, 3.63) is 24.3 Å². The second kappa shape index (κ2) is 47.5. The van der Waals surface area contributed by atoms with Crippen molar-refractivity contribution in [2.75, 3.05) is 107 Å². The van der Waals surface area contributed by atoms with Crippen LogP contribution in [0.1, 0.15) is 12.8 Å². The van der Waals surface area contributed by atoms with Gasteiger partial charge in [0.05, 0.1) is 66.2 Å². The summed E-state index contributed by atoms with van der Waals surface area (Å²) in [6.07, 6.45) is -22.9. The monoisotopic (exact) mass is 912 g/mol. The lowest BCUT2D eigenvalue weighted by Crippen LogP contribution is -2.31. The maximum Gasteiger partial charge on any atom is 0.379 e. The molecule has 30 heteroatoms. The van der Waals surface area contributed by atoms with Gasteiger partial charge in [0.2, 0.25) is 0 Å². The SMILES string of the molecule is COCC(O)COF.COCC(O)COF.FC(F)=C(F)F.FC(F)=C(F)F.OCC(O)COCC(F)(F)OCCCF.OCC(O)COCC(F)(F)OCCCF. The van der Waals surface area contributed by atoms with Crippen molar-refractivity contribution in [3.8, 4) is 0 Å². The molecule has 0 bridgehead atoms. The second-order valence-electron chi connectivity index (χ2n) is 9.57. The Balaban J connectivity index is -0.000000146. The minimum absolute atomic E-state index is 0.101. The fourth-order valence-corrected chi connectivity index (χ4v) is 1.99. The first-order valence-electron chi connectivity index (χ1n) is 15.4. The number of alkyl halides is 6. The van der Waals surface area contributed by atoms with E-state index in [0.29, 0.717) is 0 Å². The molecule has 0 heterocycles. The van der Waals surface area contributed by atoms with Crippen molar-refractivity contribution in [1.82, 2.24) is 0 Å². The van der Waals surface area contributed by atoms with E-state index >= 15 is 0 Å². The summed E-state index contributed by atoms with van der Waals surface area (Å²) in [4.78, 5) is 6.25. The van der Waals surface area contributed by atoms with Gasteiger partial charge in [-0.05, 0) is 21.9 Å². The molecule has 0 saturated carbocycles. The molecular weight excluding hydrogens is 864 g/mol. The molecule has 0 fully saturated rings. The zero-order chi connectivity index (χ0) is 46.6. The van der Waals surface area contributed by atoms with E-state index in [0.717, 1.165) is 0 Å². The summed E-state index contributed by atoms with van der Waals surface area (Å²) in [5, 5.41) is 51.3. The van der Waals surface area contributed by atoms with Gasteiger partial charge in [-0.15, -0.1) is 0 Å². The lowest BCUT2D eigenvalue weighted by atomic mass is 10.4. The lowest BCUT2D eigenvalue weighted by molar-refractivity contribution is -0.267. The number of halogens is 16. The van der Waals surface area contributed by atoms with Crippen molar-refractivity contribution < 1.29 is 139 Å². The highest BCUT2D eigenvalue weighted by atomic mass is 19.3. The van der Waals surface area contributed by atoms with E-state index in [-0.39, 0.29) is 39.3 Å². The third-order valence-corrected chi connectivity index (χ3v) is 4.28. The molecule has 6 N–H and O–H groups in total. The molecule has 4 atom stereocenters. The quantitative estimate of drug-likeness (QED) is 0.0528. The van der Waals surface area contributed by atoms with Crippen LogP contribution in [0.5, 0.6) is 0 Å². The number of hydrogen-bond acceptors (Lipinski definition) is 14. The Morgan fingerprint density at radius 1 is 0.483 bits per heavy atom. The number of aliphatic hydroxyl groups excluding tert-OH is 6. The van der Waals surface area contributed by atoms with Crippen LogP contribution in [0.4, 0.5) is 70.5 Å². The van der Waals surface area contributed by atoms with E-state index in [1.54, 1.807) is 0 Å². The van der Waals surface area contributed by atoms with Gasteiger partial charge in [0, 0.05) is 14.2 Å². The van der Waals surface area contributed by atoms with Crippen molar-refractivity contribution >= 4 is 0 Å². The highest BCUT2D eigenvalue weighted by molar-refractivity contribution is 4.77. The highest BCUT2D eigenvalue weighted by Gasteiger charge is 2.31. The largest absolute Gasteiger partial charge is 0.394 e. The van der Waals surface area contributed by atoms with Crippen LogP contribution in [0.15, 0.2) is 24.3 Å². The number of aliphatic hydroxyl groups is 6. The summed E-state index contributed by atoms with van der Waals surface area (Å²) in [5.41, 5.74) is 0. The van der Waals surface area contributed by atoms with Gasteiger partial charge in [0.15, 0.2) is 0 Å². The molecule has 356 valence electrons. The Kier molecular flexibility index (Phi) is 55.3. The first-order chi connectivity index (χ1) is 26.9. The van der Waals surface area contributed by atoms with Crippen LogP contribution < -0.4 is 0 Å². The molecule has 0 radical (unpaired) electrons. The Hall–Kier alpha value is -2.20. The molecule has 0 aromatic heterocycles. The van der Waals surface area contributed by atoms with E-state index in [9.17, 15) is 70.5 Å². The van der Waals surface area contributed by atoms with Gasteiger partial charge in [0.25, 0.3) is 0 Å². The van der Waals surface area contributed by atoms with Crippen LogP contribution in [-0.2, 0) is 38.3 Å². The normalized spacial score (nSPS) is 12.8. The predicted molar refractivity (Wildman–Crippen MR) is 164 cm³/mol. The van der Waals surface area contributed by atoms with Crippen LogP contribution >= 0.6 is 0 Å². The Labute approximate surface area is 320 Å². The average molecular weight is 913 g/mol. The fourth-order valence-electron chi connectivity index (χ4n) is 1.99. The molecule has 0 aliphatic rings. The van der Waals surface area contributed by atoms with Crippen LogP contribution in [0.25, 0.3) is 0 Å². The van der Waals surface area contributed by atoms with Crippen molar-refractivity contribution in [3.63, 3.8) is 0 Å². The topological polar surface area (TPSA) is 195 Å². The third kappa shape index (κ3) is 65.6. The first-order valence-corrected chi connectivity index (χ1v) is 15.4. The lowest BCUT2D eigenvalue weighted by Gasteiger charge is -2.17. The maximum absolute atomic E-state index is 12.7. The summed E-state index contributed by atoms with van der Waals surface area (Å²) in [5.74, 6) is 0. The van der Waals surface area contributed by atoms with Gasteiger partial charge in [-0.2, -0.15) is 62.6 Å². The van der Waals surface area contributed by atoms with Crippen molar-refractivity contribution in [1.29, 1.82) is 0 Å². The molecule has 0 amide bonds. The molecule has 0 aromatic rings. The predicted octanol–water partition coefficient (Wildman–Crippen LogP) is 4.42. The van der Waals surface area contributed by atoms with Crippen LogP contribution in [0.2, 0.25) is 0 Å². The third-order valence-electron chi connectivity index (χ3n) is 4.28. The molecule has 0 aliphatic carbocycles. The van der Waals surface area contributed by atoms with Crippen molar-refractivity contribution in [2.24, 2.45) is 0 Å². The fraction of sp³-hybridized carbons (Fsp3) is 0.857. The number of hydrogen-bond donors (Lipinski definition) is 6. The van der Waals surface area contributed by atoms with E-state index in [4.69, 9.17) is 30.6 Å². The molecule has 0 saturated heterocycles. The van der Waals surface area contributed by atoms with Gasteiger partial charge in [-0.3, -0.25) is 8.78 Å². The molecule has 0 rings (SSSR count). The highest BCUT2D eigenvalue weighted by Crippen LogP contribution is 2.17. The zero-order valence-corrected chi connectivity index (χ0v) is 30.6. The van der Waals surface area contributed by atoms with Gasteiger partial charge in [-0.1, -0.05) is 0 Å². The van der Waals surface area contributed by atoms with Crippen molar-refractivity contribution in [2.45, 2.75) is 49.5 Å². The Morgan fingerprint density at radius 3 is 0.948 bits per heavy atom. The summed E-state index contributed by atoms with van der Waals surface area (Å²) < 4.78 is 204. The molecule has 0 aliphatic heterocycles. The molecule has 14 nitrogen and oxygen atoms in total. The molecule has 58 heavy (non-hydrogen) atoms. The summed E-state index contributed by atoms with van der Waals surface area (Å²) in [7, 11) is 2.84. The van der Waals surface area contributed by atoms with E-state index in [2.05, 4.69) is 38.3 Å². The van der Waals surface area contributed by atoms with Crippen LogP contribution in [-0.4, -0.2) is 174 Å². The van der Waals surface area contributed by atoms with Gasteiger partial charge in [0.1, 0.15) is 50.8 Å². The Bertz CT molecular complexity index is 804. The standard InChI is InChI=1S/2C8H15F3O4.2C4H9FO3.2C2F4/c2*9-2-1-3-15-8(10,11)6-14-5-7(13)4-12;2*1-7-2-4(6)3-8-5;2*3-1(4)2(5)6/h2*7,12-13H,1-6H2;2*4,6H,2-3H2,1H3;;. The summed E-state index contributed by atoms with van der Waals surface area (Å²) >= 11 is 0. The number of methoxy groups -OCH3 is 2. The molecule has 4 unspecified atom stereocenters. The second-order valence-corrected chi connectivity index (χ2v) is 9.57. The van der Waals surface area contributed by atoms with E-state index in [1.165, 1.54) is 14.2 Å². The zero-order valence-electron chi connectivity index (χ0n) is 30.6. The maximum atomic E-state index is 12.7. The van der Waals surface area contributed by atoms with Crippen LogP contribution in [0, 0.1) is 0 Å². The molecule has 0 spiro atoms. The molecule has 0 aromatic carbocycles.